The van der Waals surface area contributed by atoms with Gasteiger partial charge in [0.1, 0.15) is 6.73 Å². The van der Waals surface area contributed by atoms with Gasteiger partial charge in [0.2, 0.25) is 0 Å². The summed E-state index contributed by atoms with van der Waals surface area (Å²) in [7, 11) is 0. The van der Waals surface area contributed by atoms with Crippen LogP contribution in [0.2, 0.25) is 0 Å². The summed E-state index contributed by atoms with van der Waals surface area (Å²) in [5.74, 6) is -1.88. The molecule has 156 valence electrons. The summed E-state index contributed by atoms with van der Waals surface area (Å²) in [6, 6.07) is 0. The average Bonchev–Trinajstić information content (AvgIpc) is 2.60. The average molecular weight is 390 g/mol. The van der Waals surface area contributed by atoms with E-state index in [9.17, 15) is 19.5 Å². The van der Waals surface area contributed by atoms with Crippen molar-refractivity contribution in [1.29, 1.82) is 0 Å². The Bertz CT molecular complexity index is 466. The molecule has 1 rings (SSSR count). The fourth-order valence-corrected chi connectivity index (χ4v) is 2.91. The monoisotopic (exact) mass is 390 g/mol. The molecule has 0 saturated carbocycles. The van der Waals surface area contributed by atoms with Crippen molar-refractivity contribution in [3.63, 3.8) is 0 Å². The van der Waals surface area contributed by atoms with Gasteiger partial charge in [-0.15, -0.1) is 0 Å². The molecule has 0 amide bonds. The van der Waals surface area contributed by atoms with Gasteiger partial charge in [0.25, 0.3) is 6.47 Å². The Morgan fingerprint density at radius 3 is 1.56 bits per heavy atom. The molecule has 0 radical (unpaired) electrons. The molecular weight excluding hydrogens is 360 g/mol. The molecule has 0 atom stereocenters. The van der Waals surface area contributed by atoms with E-state index in [0.717, 1.165) is 0 Å². The van der Waals surface area contributed by atoms with Crippen molar-refractivity contribution in [2.45, 2.75) is 0 Å². The highest BCUT2D eigenvalue weighted by Gasteiger charge is 2.19. The highest BCUT2D eigenvalue weighted by molar-refractivity contribution is 5.69. The van der Waals surface area contributed by atoms with Crippen LogP contribution in [0.15, 0.2) is 0 Å². The smallest absolute Gasteiger partial charge is 0.317 e. The first-order valence-electron chi connectivity index (χ1n) is 8.93. The van der Waals surface area contributed by atoms with Crippen LogP contribution in [0.3, 0.4) is 0 Å². The number of carboxylic acid groups (broad SMARTS) is 2. The van der Waals surface area contributed by atoms with Crippen LogP contribution in [0, 0.1) is 0 Å². The summed E-state index contributed by atoms with van der Waals surface area (Å²) < 4.78 is 4.84. The van der Waals surface area contributed by atoms with Gasteiger partial charge in [-0.2, -0.15) is 0 Å². The van der Waals surface area contributed by atoms with Crippen molar-refractivity contribution in [1.82, 2.24) is 19.6 Å². The zero-order chi connectivity index (χ0) is 20.1. The number of nitrogens with zero attached hydrogens (tertiary/aromatic N) is 4. The lowest BCUT2D eigenvalue weighted by atomic mass is 10.3. The van der Waals surface area contributed by atoms with E-state index < -0.39 is 11.9 Å². The number of carbonyl (C=O) groups is 3. The highest BCUT2D eigenvalue weighted by atomic mass is 16.5. The minimum atomic E-state index is -0.948. The van der Waals surface area contributed by atoms with Crippen LogP contribution >= 0.6 is 0 Å². The van der Waals surface area contributed by atoms with Crippen molar-refractivity contribution in [3.8, 4) is 0 Å². The van der Waals surface area contributed by atoms with Gasteiger partial charge in [0, 0.05) is 58.9 Å². The third-order valence-electron chi connectivity index (χ3n) is 4.39. The Balaban J connectivity index is 2.81. The van der Waals surface area contributed by atoms with Gasteiger partial charge in [0.15, 0.2) is 0 Å². The van der Waals surface area contributed by atoms with E-state index in [4.69, 9.17) is 14.9 Å². The number of ether oxygens (including phenoxy) is 1. The fraction of sp³-hybridized carbons (Fsp3) is 0.812. The second kappa shape index (κ2) is 13.4. The number of rotatable bonds is 9. The first kappa shape index (κ1) is 23.2. The van der Waals surface area contributed by atoms with E-state index in [1.807, 2.05) is 9.80 Å². The SMILES string of the molecule is O=COCN1CCN(CCO)CCN(CC(=O)O)CCN(CC(=O)O)CC1. The van der Waals surface area contributed by atoms with Crippen molar-refractivity contribution in [2.24, 2.45) is 0 Å². The summed E-state index contributed by atoms with van der Waals surface area (Å²) in [5, 5.41) is 27.5. The largest absolute Gasteiger partial charge is 0.480 e. The fourth-order valence-electron chi connectivity index (χ4n) is 2.91. The van der Waals surface area contributed by atoms with Crippen LogP contribution in [-0.4, -0.2) is 139 Å². The highest BCUT2D eigenvalue weighted by Crippen LogP contribution is 2.01. The number of aliphatic carboxylic acids is 2. The van der Waals surface area contributed by atoms with Crippen LogP contribution in [0.25, 0.3) is 0 Å². The molecule has 11 heteroatoms. The lowest BCUT2D eigenvalue weighted by molar-refractivity contribution is -0.140. The Labute approximate surface area is 158 Å². The zero-order valence-electron chi connectivity index (χ0n) is 15.5. The van der Waals surface area contributed by atoms with Crippen molar-refractivity contribution in [2.75, 3.05) is 85.3 Å². The zero-order valence-corrected chi connectivity index (χ0v) is 15.5. The number of aliphatic hydroxyl groups is 1. The lowest BCUT2D eigenvalue weighted by Gasteiger charge is -2.32. The Kier molecular flexibility index (Phi) is 11.5. The maximum atomic E-state index is 11.1. The van der Waals surface area contributed by atoms with Crippen molar-refractivity contribution < 1.29 is 34.4 Å². The van der Waals surface area contributed by atoms with E-state index in [1.165, 1.54) is 0 Å². The predicted molar refractivity (Wildman–Crippen MR) is 95.3 cm³/mol. The van der Waals surface area contributed by atoms with Gasteiger partial charge in [-0.1, -0.05) is 0 Å². The molecule has 1 aliphatic rings. The Hall–Kier alpha value is -1.79. The number of β-amino-alcohol motifs (C(OH)–C–C–N with tert-alkyl or cyclic N) is 1. The normalized spacial score (nSPS) is 19.7. The summed E-state index contributed by atoms with van der Waals surface area (Å²) in [6.45, 7) is 4.77. The minimum Gasteiger partial charge on any atom is -0.480 e. The van der Waals surface area contributed by atoms with Crippen LogP contribution < -0.4 is 0 Å². The first-order chi connectivity index (χ1) is 12.9. The summed E-state index contributed by atoms with van der Waals surface area (Å²) >= 11 is 0. The summed E-state index contributed by atoms with van der Waals surface area (Å²) in [5.41, 5.74) is 0. The molecule has 0 aromatic carbocycles. The molecule has 11 nitrogen and oxygen atoms in total. The number of aliphatic hydroxyl groups excluding tert-OH is 1. The third kappa shape index (κ3) is 10.8. The predicted octanol–water partition coefficient (Wildman–Crippen LogP) is -2.50. The molecule has 0 aromatic heterocycles. The standard InChI is InChI=1S/C16H30N4O7/c21-10-9-17-1-3-18(11-15(23)24)4-5-19(12-16(25)26)6-8-20(7-2-17)13-27-14-22/h14,21H,1-13H2,(H,23,24)(H,25,26). The van der Waals surface area contributed by atoms with Crippen LogP contribution in [0.5, 0.6) is 0 Å². The van der Waals surface area contributed by atoms with Crippen molar-refractivity contribution in [3.05, 3.63) is 0 Å². The first-order valence-corrected chi connectivity index (χ1v) is 8.93. The molecule has 0 unspecified atom stereocenters. The maximum Gasteiger partial charge on any atom is 0.317 e. The second-order valence-corrected chi connectivity index (χ2v) is 6.42. The molecule has 0 aliphatic carbocycles. The summed E-state index contributed by atoms with van der Waals surface area (Å²) in [4.78, 5) is 40.2. The molecule has 3 N–H and O–H groups in total. The lowest BCUT2D eigenvalue weighted by Crippen LogP contribution is -2.48. The van der Waals surface area contributed by atoms with E-state index in [1.54, 1.807) is 9.80 Å². The molecule has 1 heterocycles. The van der Waals surface area contributed by atoms with Crippen LogP contribution in [-0.2, 0) is 19.1 Å². The van der Waals surface area contributed by atoms with Gasteiger partial charge < -0.3 is 20.1 Å². The quantitative estimate of drug-likeness (QED) is 0.361. The van der Waals surface area contributed by atoms with Gasteiger partial charge in [0.05, 0.1) is 19.7 Å². The minimum absolute atomic E-state index is 0.00381. The number of hydrogen-bond donors (Lipinski definition) is 3. The number of hydrogen-bond acceptors (Lipinski definition) is 9. The molecule has 1 saturated heterocycles. The molecule has 0 bridgehead atoms. The van der Waals surface area contributed by atoms with E-state index in [0.29, 0.717) is 65.4 Å². The van der Waals surface area contributed by atoms with Crippen LogP contribution in [0.4, 0.5) is 0 Å². The maximum absolute atomic E-state index is 11.1. The molecule has 27 heavy (non-hydrogen) atoms. The Morgan fingerprint density at radius 2 is 1.19 bits per heavy atom. The van der Waals surface area contributed by atoms with Gasteiger partial charge in [-0.3, -0.25) is 34.0 Å². The van der Waals surface area contributed by atoms with Gasteiger partial charge in [-0.25, -0.2) is 0 Å². The second-order valence-electron chi connectivity index (χ2n) is 6.42. The van der Waals surface area contributed by atoms with E-state index in [2.05, 4.69) is 0 Å². The summed E-state index contributed by atoms with van der Waals surface area (Å²) in [6.07, 6.45) is 0. The van der Waals surface area contributed by atoms with Crippen molar-refractivity contribution >= 4 is 18.4 Å². The van der Waals surface area contributed by atoms with E-state index in [-0.39, 0.29) is 26.4 Å². The Morgan fingerprint density at radius 1 is 0.778 bits per heavy atom. The molecule has 0 spiro atoms. The number of carbonyl (C=O) groups excluding carboxylic acids is 1. The van der Waals surface area contributed by atoms with E-state index >= 15 is 0 Å². The third-order valence-corrected chi connectivity index (χ3v) is 4.39. The molecule has 1 fully saturated rings. The van der Waals surface area contributed by atoms with Gasteiger partial charge in [-0.05, 0) is 0 Å². The number of carboxylic acids is 2. The van der Waals surface area contributed by atoms with Gasteiger partial charge >= 0.3 is 11.9 Å². The molecule has 0 aromatic rings. The topological polar surface area (TPSA) is 134 Å². The molecular formula is C16H30N4O7. The van der Waals surface area contributed by atoms with Crippen LogP contribution in [0.1, 0.15) is 0 Å². The molecule has 1 aliphatic heterocycles.